The van der Waals surface area contributed by atoms with Gasteiger partial charge in [-0.25, -0.2) is 0 Å². The fraction of sp³-hybridized carbons (Fsp3) is 0.435. The van der Waals surface area contributed by atoms with Gasteiger partial charge in [-0.1, -0.05) is 54.8 Å². The highest BCUT2D eigenvalue weighted by Crippen LogP contribution is 2.43. The zero-order valence-electron chi connectivity index (χ0n) is 17.7. The van der Waals surface area contributed by atoms with Gasteiger partial charge in [0.1, 0.15) is 5.54 Å². The predicted molar refractivity (Wildman–Crippen MR) is 125 cm³/mol. The standard InChI is InChI=1S/C23H30BClN2O4/c1-27(21-7-3-2-6-20(21)16-8-10-18(25)11-9-16)19-14-17(15-19)23(26,22(28)29)12-4-5-13-24(30)31/h2-3,6-11,17,19,30-31H,4-5,12-15,26H2,1H3,(H,28,29)/t17?,19?,23-/m0/s1. The van der Waals surface area contributed by atoms with E-state index in [1.165, 1.54) is 0 Å². The van der Waals surface area contributed by atoms with Crippen LogP contribution in [0.15, 0.2) is 48.5 Å². The number of carbonyl (C=O) groups is 1. The zero-order chi connectivity index (χ0) is 22.6. The summed E-state index contributed by atoms with van der Waals surface area (Å²) < 4.78 is 0. The molecule has 8 heteroatoms. The molecule has 0 radical (unpaired) electrons. The molecule has 0 bridgehead atoms. The Morgan fingerprint density at radius 3 is 2.42 bits per heavy atom. The van der Waals surface area contributed by atoms with E-state index in [1.807, 2.05) is 43.4 Å². The van der Waals surface area contributed by atoms with E-state index < -0.39 is 18.6 Å². The van der Waals surface area contributed by atoms with Gasteiger partial charge in [0.15, 0.2) is 0 Å². The normalized spacial score (nSPS) is 19.9. The Balaban J connectivity index is 1.67. The summed E-state index contributed by atoms with van der Waals surface area (Å²) >= 11 is 6.03. The molecule has 1 aliphatic rings. The van der Waals surface area contributed by atoms with E-state index >= 15 is 0 Å². The van der Waals surface area contributed by atoms with Crippen molar-refractivity contribution in [3.63, 3.8) is 0 Å². The Labute approximate surface area is 188 Å². The maximum Gasteiger partial charge on any atom is 0.451 e. The minimum atomic E-state index is -1.36. The zero-order valence-corrected chi connectivity index (χ0v) is 18.5. The van der Waals surface area contributed by atoms with Gasteiger partial charge in [0.2, 0.25) is 0 Å². The van der Waals surface area contributed by atoms with Gasteiger partial charge in [-0.05, 0) is 55.3 Å². The maximum atomic E-state index is 11.9. The van der Waals surface area contributed by atoms with Gasteiger partial charge in [-0.15, -0.1) is 0 Å². The lowest BCUT2D eigenvalue weighted by Gasteiger charge is -2.48. The van der Waals surface area contributed by atoms with Gasteiger partial charge >= 0.3 is 13.1 Å². The summed E-state index contributed by atoms with van der Waals surface area (Å²) in [6.07, 6.45) is 3.06. The molecular weight excluding hydrogens is 415 g/mol. The van der Waals surface area contributed by atoms with Gasteiger partial charge < -0.3 is 25.8 Å². The van der Waals surface area contributed by atoms with Crippen LogP contribution in [0, 0.1) is 5.92 Å². The molecule has 0 amide bonds. The van der Waals surface area contributed by atoms with E-state index in [1.54, 1.807) is 0 Å². The number of aliphatic carboxylic acids is 1. The Morgan fingerprint density at radius 1 is 1.16 bits per heavy atom. The lowest BCUT2D eigenvalue weighted by atomic mass is 9.65. The number of benzene rings is 2. The molecule has 1 fully saturated rings. The SMILES string of the molecule is CN(c1ccccc1-c1ccc(Cl)cc1)C1CC([C@@](N)(CCCCB(O)O)C(=O)O)C1. The number of para-hydroxylation sites is 1. The molecule has 0 saturated heterocycles. The number of halogens is 1. The second-order valence-electron chi connectivity index (χ2n) is 8.53. The fourth-order valence-electron chi connectivity index (χ4n) is 4.41. The van der Waals surface area contributed by atoms with Gasteiger partial charge in [-0.3, -0.25) is 4.79 Å². The molecule has 0 spiro atoms. The number of unbranched alkanes of at least 4 members (excludes halogenated alkanes) is 1. The van der Waals surface area contributed by atoms with E-state index in [0.717, 1.165) is 16.8 Å². The highest BCUT2D eigenvalue weighted by molar-refractivity contribution is 6.40. The molecule has 2 aromatic rings. The third-order valence-electron chi connectivity index (χ3n) is 6.53. The molecule has 1 saturated carbocycles. The van der Waals surface area contributed by atoms with E-state index in [-0.39, 0.29) is 18.3 Å². The first kappa shape index (κ1) is 23.6. The first-order valence-electron chi connectivity index (χ1n) is 10.7. The third kappa shape index (κ3) is 5.41. The average Bonchev–Trinajstić information content (AvgIpc) is 2.70. The molecule has 3 rings (SSSR count). The minimum Gasteiger partial charge on any atom is -0.480 e. The highest BCUT2D eigenvalue weighted by Gasteiger charge is 2.49. The molecule has 0 unspecified atom stereocenters. The van der Waals surface area contributed by atoms with Crippen molar-refractivity contribution < 1.29 is 19.9 Å². The number of nitrogens with two attached hydrogens (primary N) is 1. The van der Waals surface area contributed by atoms with Gasteiger partial charge in [0.05, 0.1) is 0 Å². The second-order valence-corrected chi connectivity index (χ2v) is 8.97. The van der Waals surface area contributed by atoms with E-state index in [9.17, 15) is 9.90 Å². The van der Waals surface area contributed by atoms with E-state index in [0.29, 0.717) is 37.1 Å². The monoisotopic (exact) mass is 444 g/mol. The largest absolute Gasteiger partial charge is 0.480 e. The van der Waals surface area contributed by atoms with Crippen molar-refractivity contribution >= 4 is 30.4 Å². The molecule has 0 aliphatic heterocycles. The molecule has 6 nitrogen and oxygen atoms in total. The Morgan fingerprint density at radius 2 is 1.81 bits per heavy atom. The van der Waals surface area contributed by atoms with Crippen LogP contribution in [0.2, 0.25) is 11.3 Å². The van der Waals surface area contributed by atoms with Crippen LogP contribution in [-0.2, 0) is 4.79 Å². The highest BCUT2D eigenvalue weighted by atomic mass is 35.5. The van der Waals surface area contributed by atoms with Crippen molar-refractivity contribution in [2.24, 2.45) is 11.7 Å². The summed E-state index contributed by atoms with van der Waals surface area (Å²) in [5.74, 6) is -1.09. The lowest BCUT2D eigenvalue weighted by Crippen LogP contribution is -2.61. The number of rotatable bonds is 10. The Kier molecular flexibility index (Phi) is 7.65. The second kappa shape index (κ2) is 10.0. The van der Waals surface area contributed by atoms with Crippen LogP contribution in [0.25, 0.3) is 11.1 Å². The van der Waals surface area contributed by atoms with Crippen LogP contribution in [0.1, 0.15) is 32.1 Å². The first-order valence-corrected chi connectivity index (χ1v) is 11.1. The van der Waals surface area contributed by atoms with Crippen molar-refractivity contribution in [1.82, 2.24) is 0 Å². The lowest BCUT2D eigenvalue weighted by molar-refractivity contribution is -0.147. The van der Waals surface area contributed by atoms with Gasteiger partial charge in [0.25, 0.3) is 0 Å². The molecular formula is C23H30BClN2O4. The van der Waals surface area contributed by atoms with Crippen LogP contribution >= 0.6 is 11.6 Å². The Hall–Kier alpha value is -2.06. The summed E-state index contributed by atoms with van der Waals surface area (Å²) in [7, 11) is 0.677. The van der Waals surface area contributed by atoms with Crippen molar-refractivity contribution in [3.05, 3.63) is 53.6 Å². The number of carboxylic acid groups (broad SMARTS) is 1. The number of carboxylic acids is 1. The molecule has 166 valence electrons. The van der Waals surface area contributed by atoms with Crippen LogP contribution in [0.5, 0.6) is 0 Å². The molecule has 5 N–H and O–H groups in total. The molecule has 2 aromatic carbocycles. The number of hydrogen-bond acceptors (Lipinski definition) is 5. The number of anilines is 1. The van der Waals surface area contributed by atoms with Crippen LogP contribution in [0.4, 0.5) is 5.69 Å². The van der Waals surface area contributed by atoms with Crippen LogP contribution in [-0.4, -0.2) is 46.9 Å². The maximum absolute atomic E-state index is 11.9. The number of nitrogens with zero attached hydrogens (tertiary/aromatic N) is 1. The molecule has 31 heavy (non-hydrogen) atoms. The molecule has 1 atom stereocenters. The van der Waals surface area contributed by atoms with Gasteiger partial charge in [0, 0.05) is 29.4 Å². The molecule has 0 heterocycles. The topological polar surface area (TPSA) is 107 Å². The van der Waals surface area contributed by atoms with Crippen molar-refractivity contribution in [2.75, 3.05) is 11.9 Å². The average molecular weight is 445 g/mol. The van der Waals surface area contributed by atoms with E-state index in [4.69, 9.17) is 27.4 Å². The van der Waals surface area contributed by atoms with Gasteiger partial charge in [-0.2, -0.15) is 0 Å². The third-order valence-corrected chi connectivity index (χ3v) is 6.78. The summed E-state index contributed by atoms with van der Waals surface area (Å²) in [4.78, 5) is 14.2. The number of hydrogen-bond donors (Lipinski definition) is 4. The van der Waals surface area contributed by atoms with Crippen LogP contribution in [0.3, 0.4) is 0 Å². The minimum absolute atomic E-state index is 0.112. The summed E-state index contributed by atoms with van der Waals surface area (Å²) in [5.41, 5.74) is 8.32. The smallest absolute Gasteiger partial charge is 0.451 e. The molecule has 1 aliphatic carbocycles. The van der Waals surface area contributed by atoms with Crippen molar-refractivity contribution in [3.8, 4) is 11.1 Å². The quantitative estimate of drug-likeness (QED) is 0.329. The first-order chi connectivity index (χ1) is 14.7. The predicted octanol–water partition coefficient (Wildman–Crippen LogP) is 3.65. The molecule has 0 aromatic heterocycles. The van der Waals surface area contributed by atoms with E-state index in [2.05, 4.69) is 17.0 Å². The summed E-state index contributed by atoms with van der Waals surface area (Å²) in [5, 5.41) is 28.4. The van der Waals surface area contributed by atoms with Crippen molar-refractivity contribution in [2.45, 2.75) is 50.0 Å². The van der Waals surface area contributed by atoms with Crippen molar-refractivity contribution in [1.29, 1.82) is 0 Å². The van der Waals surface area contributed by atoms with Crippen LogP contribution < -0.4 is 10.6 Å². The fourth-order valence-corrected chi connectivity index (χ4v) is 4.53. The summed E-state index contributed by atoms with van der Waals surface area (Å²) in [6.45, 7) is 0. The summed E-state index contributed by atoms with van der Waals surface area (Å²) in [6, 6.07) is 16.1. The Bertz CT molecular complexity index is 889.